The standard InChI is InChI=1S/C17H13NO7/c19-15(20)7-24-9-1-3-11-12-4-2-10(25-8-16(21)22)6-14(12)17(18-23)13(11)5-9/h1-6,23H,7-8H2,(H,19,20)(H,21,22)/p-2. The minimum absolute atomic E-state index is 0.239. The molecule has 0 radical (unpaired) electrons. The van der Waals surface area contributed by atoms with Gasteiger partial charge >= 0.3 is 0 Å². The number of fused-ring (bicyclic) bond motifs is 3. The van der Waals surface area contributed by atoms with Crippen molar-refractivity contribution < 1.29 is 34.5 Å². The van der Waals surface area contributed by atoms with Crippen molar-refractivity contribution in [1.29, 1.82) is 0 Å². The molecule has 8 nitrogen and oxygen atoms in total. The average molecular weight is 341 g/mol. The van der Waals surface area contributed by atoms with E-state index in [0.717, 1.165) is 11.1 Å². The highest BCUT2D eigenvalue weighted by Crippen LogP contribution is 2.40. The van der Waals surface area contributed by atoms with E-state index in [2.05, 4.69) is 5.16 Å². The molecular formula is C17H11NO7-2. The molecule has 3 rings (SSSR count). The van der Waals surface area contributed by atoms with Crippen molar-refractivity contribution in [3.63, 3.8) is 0 Å². The summed E-state index contributed by atoms with van der Waals surface area (Å²) in [5.74, 6) is -2.14. The number of carbonyl (C=O) groups is 2. The zero-order valence-corrected chi connectivity index (χ0v) is 12.7. The monoisotopic (exact) mass is 341 g/mol. The number of carboxylic acid groups (broad SMARTS) is 2. The number of aliphatic carboxylic acids is 2. The molecule has 0 atom stereocenters. The highest BCUT2D eigenvalue weighted by atomic mass is 16.5. The molecule has 25 heavy (non-hydrogen) atoms. The van der Waals surface area contributed by atoms with Gasteiger partial charge in [0.15, 0.2) is 0 Å². The van der Waals surface area contributed by atoms with Crippen LogP contribution in [-0.4, -0.2) is 36.1 Å². The van der Waals surface area contributed by atoms with E-state index in [9.17, 15) is 25.0 Å². The first kappa shape index (κ1) is 16.3. The van der Waals surface area contributed by atoms with E-state index >= 15 is 0 Å². The summed E-state index contributed by atoms with van der Waals surface area (Å²) in [6.45, 7) is -1.20. The van der Waals surface area contributed by atoms with Crippen LogP contribution in [0.25, 0.3) is 11.1 Å². The van der Waals surface area contributed by atoms with Crippen molar-refractivity contribution in [2.75, 3.05) is 13.2 Å². The third-order valence-corrected chi connectivity index (χ3v) is 3.60. The van der Waals surface area contributed by atoms with Crippen molar-refractivity contribution in [3.05, 3.63) is 47.5 Å². The van der Waals surface area contributed by atoms with Crippen LogP contribution < -0.4 is 19.7 Å². The van der Waals surface area contributed by atoms with Crippen LogP contribution >= 0.6 is 0 Å². The van der Waals surface area contributed by atoms with E-state index in [1.807, 2.05) is 0 Å². The van der Waals surface area contributed by atoms with Crippen LogP contribution in [0.4, 0.5) is 0 Å². The van der Waals surface area contributed by atoms with Gasteiger partial charge in [-0.25, -0.2) is 0 Å². The van der Waals surface area contributed by atoms with Gasteiger partial charge in [0.2, 0.25) is 0 Å². The molecule has 0 saturated carbocycles. The van der Waals surface area contributed by atoms with Crippen LogP contribution in [0.15, 0.2) is 41.6 Å². The van der Waals surface area contributed by atoms with Crippen LogP contribution in [0, 0.1) is 0 Å². The number of carbonyl (C=O) groups excluding carboxylic acids is 2. The number of ether oxygens (including phenoxy) is 2. The Bertz CT molecular complexity index is 819. The third-order valence-electron chi connectivity index (χ3n) is 3.60. The number of benzene rings is 2. The lowest BCUT2D eigenvalue weighted by molar-refractivity contribution is -0.308. The maximum Gasteiger partial charge on any atom is 0.128 e. The first-order valence-corrected chi connectivity index (χ1v) is 7.16. The predicted molar refractivity (Wildman–Crippen MR) is 80.3 cm³/mol. The second-order valence-electron chi connectivity index (χ2n) is 5.18. The zero-order chi connectivity index (χ0) is 18.0. The number of rotatable bonds is 6. The third kappa shape index (κ3) is 3.23. The fourth-order valence-electron chi connectivity index (χ4n) is 2.63. The lowest BCUT2D eigenvalue weighted by Gasteiger charge is -2.08. The van der Waals surface area contributed by atoms with Crippen molar-refractivity contribution >= 4 is 17.7 Å². The fraction of sp³-hybridized carbons (Fsp3) is 0.118. The molecule has 0 bridgehead atoms. The smallest absolute Gasteiger partial charge is 0.128 e. The zero-order valence-electron chi connectivity index (χ0n) is 12.7. The Morgan fingerprint density at radius 3 is 1.64 bits per heavy atom. The summed E-state index contributed by atoms with van der Waals surface area (Å²) < 4.78 is 10.2. The van der Waals surface area contributed by atoms with Gasteiger partial charge < -0.3 is 34.5 Å². The predicted octanol–water partition coefficient (Wildman–Crippen LogP) is -0.849. The molecule has 0 aromatic heterocycles. The quantitative estimate of drug-likeness (QED) is 0.456. The van der Waals surface area contributed by atoms with E-state index in [1.165, 1.54) is 0 Å². The Kier molecular flexibility index (Phi) is 4.25. The molecule has 1 N–H and O–H groups in total. The summed E-state index contributed by atoms with van der Waals surface area (Å²) in [7, 11) is 0. The summed E-state index contributed by atoms with van der Waals surface area (Å²) in [5.41, 5.74) is 2.85. The normalized spacial score (nSPS) is 11.4. The Labute approximate surface area is 141 Å². The van der Waals surface area contributed by atoms with Gasteiger partial charge in [0.1, 0.15) is 30.4 Å². The number of oxime groups is 1. The molecule has 0 aliphatic heterocycles. The summed E-state index contributed by atoms with van der Waals surface area (Å²) >= 11 is 0. The fourth-order valence-corrected chi connectivity index (χ4v) is 2.63. The molecule has 0 fully saturated rings. The maximum absolute atomic E-state index is 10.5. The summed E-state index contributed by atoms with van der Waals surface area (Å²) in [5, 5.41) is 33.7. The van der Waals surface area contributed by atoms with Gasteiger partial charge in [0.05, 0.1) is 11.9 Å². The van der Waals surface area contributed by atoms with Crippen LogP contribution in [0.3, 0.4) is 0 Å². The van der Waals surface area contributed by atoms with Crippen molar-refractivity contribution in [1.82, 2.24) is 0 Å². The Morgan fingerprint density at radius 1 is 0.840 bits per heavy atom. The Hall–Kier alpha value is -3.55. The van der Waals surface area contributed by atoms with Crippen molar-refractivity contribution in [2.24, 2.45) is 5.16 Å². The molecule has 2 aromatic rings. The molecular weight excluding hydrogens is 330 g/mol. The van der Waals surface area contributed by atoms with Gasteiger partial charge in [0.25, 0.3) is 0 Å². The first-order chi connectivity index (χ1) is 12.0. The number of nitrogens with zero attached hydrogens (tertiary/aromatic N) is 1. The van der Waals surface area contributed by atoms with E-state index in [-0.39, 0.29) is 17.2 Å². The van der Waals surface area contributed by atoms with E-state index in [4.69, 9.17) is 9.47 Å². The molecule has 128 valence electrons. The van der Waals surface area contributed by atoms with Crippen LogP contribution in [0.5, 0.6) is 11.5 Å². The van der Waals surface area contributed by atoms with Crippen LogP contribution in [-0.2, 0) is 9.59 Å². The minimum atomic E-state index is -1.35. The molecule has 2 aromatic carbocycles. The molecule has 1 aliphatic carbocycles. The topological polar surface area (TPSA) is 131 Å². The number of hydrogen-bond acceptors (Lipinski definition) is 8. The SMILES string of the molecule is O=C([O-])COc1ccc2c(c1)C(=NO)c1cc(OCC(=O)[O-])ccc1-2. The van der Waals surface area contributed by atoms with Gasteiger partial charge in [-0.1, -0.05) is 5.16 Å². The molecule has 0 spiro atoms. The molecule has 0 unspecified atom stereocenters. The summed E-state index contributed by atoms with van der Waals surface area (Å²) in [6.07, 6.45) is 0. The molecule has 0 amide bonds. The van der Waals surface area contributed by atoms with Gasteiger partial charge in [-0.3, -0.25) is 0 Å². The van der Waals surface area contributed by atoms with Crippen LogP contribution in [0.1, 0.15) is 11.1 Å². The van der Waals surface area contributed by atoms with E-state index in [1.54, 1.807) is 36.4 Å². The summed E-state index contributed by atoms with van der Waals surface area (Å²) in [6, 6.07) is 9.69. The Morgan fingerprint density at radius 2 is 1.28 bits per heavy atom. The molecule has 0 saturated heterocycles. The second kappa shape index (κ2) is 6.52. The van der Waals surface area contributed by atoms with Gasteiger partial charge in [0, 0.05) is 11.1 Å². The summed E-state index contributed by atoms with van der Waals surface area (Å²) in [4.78, 5) is 21.0. The van der Waals surface area contributed by atoms with Gasteiger partial charge in [-0.2, -0.15) is 0 Å². The first-order valence-electron chi connectivity index (χ1n) is 7.16. The minimum Gasteiger partial charge on any atom is -0.546 e. The van der Waals surface area contributed by atoms with Gasteiger partial charge in [-0.05, 0) is 47.5 Å². The van der Waals surface area contributed by atoms with Crippen molar-refractivity contribution in [3.8, 4) is 22.6 Å². The number of carboxylic acids is 2. The largest absolute Gasteiger partial charge is 0.546 e. The highest BCUT2D eigenvalue weighted by molar-refractivity contribution is 6.24. The number of hydrogen-bond donors (Lipinski definition) is 1. The maximum atomic E-state index is 10.5. The van der Waals surface area contributed by atoms with E-state index in [0.29, 0.717) is 11.1 Å². The Balaban J connectivity index is 1.95. The molecule has 0 heterocycles. The van der Waals surface area contributed by atoms with Crippen LogP contribution in [0.2, 0.25) is 0 Å². The average Bonchev–Trinajstić information content (AvgIpc) is 2.90. The molecule has 8 heteroatoms. The highest BCUT2D eigenvalue weighted by Gasteiger charge is 2.26. The molecule has 1 aliphatic rings. The van der Waals surface area contributed by atoms with E-state index < -0.39 is 25.2 Å². The lowest BCUT2D eigenvalue weighted by Crippen LogP contribution is -2.28. The second-order valence-corrected chi connectivity index (χ2v) is 5.18. The lowest BCUT2D eigenvalue weighted by atomic mass is 10.1. The van der Waals surface area contributed by atoms with Crippen molar-refractivity contribution in [2.45, 2.75) is 0 Å². The van der Waals surface area contributed by atoms with Gasteiger partial charge in [-0.15, -0.1) is 0 Å².